The number of aliphatic carboxylic acids is 1. The van der Waals surface area contributed by atoms with Crippen molar-refractivity contribution >= 4 is 5.97 Å². The Morgan fingerprint density at radius 2 is 1.96 bits per heavy atom. The summed E-state index contributed by atoms with van der Waals surface area (Å²) in [6.07, 6.45) is 2.11. The number of aromatic nitrogens is 1. The third kappa shape index (κ3) is 4.03. The van der Waals surface area contributed by atoms with Crippen molar-refractivity contribution in [3.8, 4) is 11.1 Å². The fourth-order valence-corrected chi connectivity index (χ4v) is 2.56. The number of pyridine rings is 1. The van der Waals surface area contributed by atoms with Crippen LogP contribution in [-0.4, -0.2) is 16.1 Å². The summed E-state index contributed by atoms with van der Waals surface area (Å²) in [6, 6.07) is 5.34. The van der Waals surface area contributed by atoms with Gasteiger partial charge in [-0.05, 0) is 48.6 Å². The highest BCUT2D eigenvalue weighted by molar-refractivity contribution is 5.66. The van der Waals surface area contributed by atoms with Crippen LogP contribution in [-0.2, 0) is 4.79 Å². The molecule has 0 aliphatic rings. The number of benzene rings is 1. The van der Waals surface area contributed by atoms with Crippen molar-refractivity contribution in [1.82, 2.24) is 4.98 Å². The SMILES string of the molecule is CC(CCCC(=O)O)c1c(F)cc(-c2ccc[nH]c2=O)cc1F. The summed E-state index contributed by atoms with van der Waals surface area (Å²) < 4.78 is 28.6. The Bertz CT molecular complexity index is 747. The van der Waals surface area contributed by atoms with E-state index in [1.54, 1.807) is 13.0 Å². The van der Waals surface area contributed by atoms with Crippen LogP contribution in [0, 0.1) is 11.6 Å². The van der Waals surface area contributed by atoms with Gasteiger partial charge in [0.25, 0.3) is 5.56 Å². The predicted octanol–water partition coefficient (Wildman–Crippen LogP) is 3.68. The zero-order chi connectivity index (χ0) is 17.0. The minimum atomic E-state index is -0.934. The quantitative estimate of drug-likeness (QED) is 0.852. The van der Waals surface area contributed by atoms with Crippen molar-refractivity contribution in [2.75, 3.05) is 0 Å². The number of hydrogen-bond donors (Lipinski definition) is 2. The lowest BCUT2D eigenvalue weighted by molar-refractivity contribution is -0.137. The molecule has 0 aliphatic heterocycles. The molecule has 0 fully saturated rings. The van der Waals surface area contributed by atoms with Gasteiger partial charge in [0.05, 0.1) is 0 Å². The Labute approximate surface area is 131 Å². The van der Waals surface area contributed by atoms with Gasteiger partial charge >= 0.3 is 5.97 Å². The maximum absolute atomic E-state index is 14.3. The second-order valence-electron chi connectivity index (χ2n) is 5.45. The minimum absolute atomic E-state index is 0.0367. The van der Waals surface area contributed by atoms with Crippen LogP contribution in [0.2, 0.25) is 0 Å². The number of hydrogen-bond acceptors (Lipinski definition) is 2. The van der Waals surface area contributed by atoms with Gasteiger partial charge in [0.1, 0.15) is 11.6 Å². The molecular weight excluding hydrogens is 304 g/mol. The van der Waals surface area contributed by atoms with Gasteiger partial charge in [-0.3, -0.25) is 9.59 Å². The standard InChI is InChI=1S/C17H17F2NO3/c1-10(4-2-6-15(21)22)16-13(18)8-11(9-14(16)19)12-5-3-7-20-17(12)23/h3,5,7-10H,2,4,6H2,1H3,(H,20,23)(H,21,22). The van der Waals surface area contributed by atoms with E-state index in [0.717, 1.165) is 12.1 Å². The van der Waals surface area contributed by atoms with Gasteiger partial charge in [-0.1, -0.05) is 6.92 Å². The zero-order valence-corrected chi connectivity index (χ0v) is 12.6. The molecule has 0 radical (unpaired) electrons. The van der Waals surface area contributed by atoms with Crippen LogP contribution in [0.4, 0.5) is 8.78 Å². The molecule has 4 nitrogen and oxygen atoms in total. The summed E-state index contributed by atoms with van der Waals surface area (Å²) in [5.74, 6) is -2.84. The number of aromatic amines is 1. The first-order valence-electron chi connectivity index (χ1n) is 7.29. The smallest absolute Gasteiger partial charge is 0.303 e. The molecule has 2 N–H and O–H groups in total. The predicted molar refractivity (Wildman–Crippen MR) is 82.3 cm³/mol. The zero-order valence-electron chi connectivity index (χ0n) is 12.6. The van der Waals surface area contributed by atoms with Crippen LogP contribution in [0.5, 0.6) is 0 Å². The molecular formula is C17H17F2NO3. The highest BCUT2D eigenvalue weighted by atomic mass is 19.1. The van der Waals surface area contributed by atoms with Crippen LogP contribution in [0.25, 0.3) is 11.1 Å². The number of carboxylic acid groups (broad SMARTS) is 1. The molecule has 0 spiro atoms. The largest absolute Gasteiger partial charge is 0.481 e. The molecule has 1 unspecified atom stereocenters. The topological polar surface area (TPSA) is 70.2 Å². The van der Waals surface area contributed by atoms with Crippen LogP contribution in [0.1, 0.15) is 37.7 Å². The van der Waals surface area contributed by atoms with Gasteiger partial charge in [0.2, 0.25) is 0 Å². The number of halogens is 2. The highest BCUT2D eigenvalue weighted by Crippen LogP contribution is 2.30. The molecule has 2 rings (SSSR count). The fourth-order valence-electron chi connectivity index (χ4n) is 2.56. The number of nitrogens with one attached hydrogen (secondary N) is 1. The second-order valence-corrected chi connectivity index (χ2v) is 5.45. The third-order valence-corrected chi connectivity index (χ3v) is 3.73. The number of H-pyrrole nitrogens is 1. The third-order valence-electron chi connectivity index (χ3n) is 3.73. The summed E-state index contributed by atoms with van der Waals surface area (Å²) >= 11 is 0. The van der Waals surface area contributed by atoms with Crippen molar-refractivity contribution in [1.29, 1.82) is 0 Å². The summed E-state index contributed by atoms with van der Waals surface area (Å²) in [7, 11) is 0. The number of carbonyl (C=O) groups is 1. The van der Waals surface area contributed by atoms with Crippen molar-refractivity contribution in [2.24, 2.45) is 0 Å². The molecule has 0 saturated carbocycles. The van der Waals surface area contributed by atoms with Crippen molar-refractivity contribution in [3.63, 3.8) is 0 Å². The van der Waals surface area contributed by atoms with Crippen LogP contribution >= 0.6 is 0 Å². The molecule has 0 amide bonds. The van der Waals surface area contributed by atoms with E-state index < -0.39 is 29.1 Å². The van der Waals surface area contributed by atoms with E-state index >= 15 is 0 Å². The van der Waals surface area contributed by atoms with Gasteiger partial charge < -0.3 is 10.1 Å². The fraction of sp³-hybridized carbons (Fsp3) is 0.294. The molecule has 122 valence electrons. The first-order chi connectivity index (χ1) is 10.9. The molecule has 0 bridgehead atoms. The normalized spacial score (nSPS) is 12.1. The van der Waals surface area contributed by atoms with Crippen molar-refractivity contribution in [2.45, 2.75) is 32.1 Å². The molecule has 0 saturated heterocycles. The van der Waals surface area contributed by atoms with Gasteiger partial charge in [-0.2, -0.15) is 0 Å². The summed E-state index contributed by atoms with van der Waals surface area (Å²) in [5.41, 5.74) is -0.140. The average Bonchev–Trinajstić information content (AvgIpc) is 2.46. The maximum atomic E-state index is 14.3. The summed E-state index contributed by atoms with van der Waals surface area (Å²) in [5, 5.41) is 8.61. The first-order valence-corrected chi connectivity index (χ1v) is 7.29. The van der Waals surface area contributed by atoms with Crippen molar-refractivity contribution < 1.29 is 18.7 Å². The second kappa shape index (κ2) is 7.17. The van der Waals surface area contributed by atoms with Gasteiger partial charge in [-0.15, -0.1) is 0 Å². The lowest BCUT2D eigenvalue weighted by Crippen LogP contribution is -2.09. The van der Waals surface area contributed by atoms with E-state index in [1.165, 1.54) is 12.3 Å². The lowest BCUT2D eigenvalue weighted by atomic mass is 9.92. The van der Waals surface area contributed by atoms with Gasteiger partial charge in [0, 0.05) is 23.7 Å². The van der Waals surface area contributed by atoms with E-state index in [-0.39, 0.29) is 23.1 Å². The Kier molecular flexibility index (Phi) is 5.26. The van der Waals surface area contributed by atoms with Crippen LogP contribution in [0.15, 0.2) is 35.3 Å². The van der Waals surface area contributed by atoms with Crippen LogP contribution in [0.3, 0.4) is 0 Å². The van der Waals surface area contributed by atoms with E-state index in [0.29, 0.717) is 12.8 Å². The van der Waals surface area contributed by atoms with Crippen molar-refractivity contribution in [3.05, 3.63) is 58.0 Å². The molecule has 6 heteroatoms. The molecule has 1 aromatic heterocycles. The van der Waals surface area contributed by atoms with Crippen LogP contribution < -0.4 is 5.56 Å². The lowest BCUT2D eigenvalue weighted by Gasteiger charge is -2.14. The maximum Gasteiger partial charge on any atom is 0.303 e. The van der Waals surface area contributed by atoms with E-state index in [9.17, 15) is 18.4 Å². The van der Waals surface area contributed by atoms with E-state index in [4.69, 9.17) is 5.11 Å². The van der Waals surface area contributed by atoms with Gasteiger partial charge in [-0.25, -0.2) is 8.78 Å². The van der Waals surface area contributed by atoms with E-state index in [1.807, 2.05) is 0 Å². The number of rotatable bonds is 6. The highest BCUT2D eigenvalue weighted by Gasteiger charge is 2.19. The Balaban J connectivity index is 2.29. The Morgan fingerprint density at radius 1 is 1.30 bits per heavy atom. The molecule has 1 heterocycles. The van der Waals surface area contributed by atoms with E-state index in [2.05, 4.69) is 4.98 Å². The molecule has 1 aromatic carbocycles. The Hall–Kier alpha value is -2.50. The Morgan fingerprint density at radius 3 is 2.52 bits per heavy atom. The average molecular weight is 321 g/mol. The molecule has 0 aliphatic carbocycles. The molecule has 23 heavy (non-hydrogen) atoms. The van der Waals surface area contributed by atoms with Gasteiger partial charge in [0.15, 0.2) is 0 Å². The summed E-state index contributed by atoms with van der Waals surface area (Å²) in [6.45, 7) is 1.65. The first kappa shape index (κ1) is 16.9. The molecule has 1 atom stereocenters. The monoisotopic (exact) mass is 321 g/mol. The molecule has 2 aromatic rings. The summed E-state index contributed by atoms with van der Waals surface area (Å²) in [4.78, 5) is 24.7. The number of carboxylic acids is 1. The minimum Gasteiger partial charge on any atom is -0.481 e.